The lowest BCUT2D eigenvalue weighted by atomic mass is 9.84. The third kappa shape index (κ3) is 6.32. The molecule has 0 aromatic rings. The summed E-state index contributed by atoms with van der Waals surface area (Å²) in [5.41, 5.74) is 24.5. The minimum atomic E-state index is -1.03. The maximum atomic E-state index is 10.9. The number of nitrogens with two attached hydrogens (primary N) is 4. The molecule has 30 heavy (non-hydrogen) atoms. The number of aliphatic hydroxyl groups is 2. The molecule has 1 aliphatic heterocycles. The standard InChI is InChI=1S/C20H42N4O6/c1-3-5-7-27-17-11(22)9-12(23)18(16(17)26)30-20-14(24)19(28-8-6-4-2)15(25)13(10-21)29-20/h11-20,25-26H,3-10,21-24H2,1-2H3/t11-,12+,13-,14-,15-,16-,17+,18-,19-,20-/m1/s1. The summed E-state index contributed by atoms with van der Waals surface area (Å²) in [6.45, 7) is 5.15. The van der Waals surface area contributed by atoms with E-state index >= 15 is 0 Å². The van der Waals surface area contributed by atoms with Gasteiger partial charge in [0.1, 0.15) is 36.6 Å². The fraction of sp³-hybridized carbons (Fsp3) is 1.00. The maximum absolute atomic E-state index is 10.9. The largest absolute Gasteiger partial charge is 0.388 e. The van der Waals surface area contributed by atoms with Gasteiger partial charge in [-0.05, 0) is 19.3 Å². The van der Waals surface area contributed by atoms with Crippen LogP contribution in [-0.4, -0.2) is 91.0 Å². The molecule has 10 N–H and O–H groups in total. The first-order valence-corrected chi connectivity index (χ1v) is 11.2. The van der Waals surface area contributed by atoms with Gasteiger partial charge in [-0.1, -0.05) is 26.7 Å². The van der Waals surface area contributed by atoms with E-state index in [-0.39, 0.29) is 6.54 Å². The number of rotatable bonds is 11. The van der Waals surface area contributed by atoms with Crippen LogP contribution in [0.5, 0.6) is 0 Å². The second-order valence-corrected chi connectivity index (χ2v) is 8.38. The fourth-order valence-corrected chi connectivity index (χ4v) is 4.03. The van der Waals surface area contributed by atoms with Gasteiger partial charge in [0.2, 0.25) is 0 Å². The van der Waals surface area contributed by atoms with E-state index in [1.54, 1.807) is 0 Å². The van der Waals surface area contributed by atoms with E-state index in [4.69, 9.17) is 41.9 Å². The Hall–Kier alpha value is -0.400. The van der Waals surface area contributed by atoms with Crippen molar-refractivity contribution >= 4 is 0 Å². The average Bonchev–Trinajstić information content (AvgIpc) is 2.71. The van der Waals surface area contributed by atoms with Gasteiger partial charge in [0.15, 0.2) is 6.29 Å². The van der Waals surface area contributed by atoms with E-state index in [9.17, 15) is 10.2 Å². The molecular formula is C20H42N4O6. The van der Waals surface area contributed by atoms with Crippen molar-refractivity contribution in [1.82, 2.24) is 0 Å². The molecule has 0 bridgehead atoms. The Balaban J connectivity index is 2.08. The first kappa shape index (κ1) is 25.9. The van der Waals surface area contributed by atoms with Crippen LogP contribution in [0.15, 0.2) is 0 Å². The van der Waals surface area contributed by atoms with Crippen molar-refractivity contribution < 1.29 is 29.2 Å². The zero-order valence-corrected chi connectivity index (χ0v) is 18.3. The highest BCUT2D eigenvalue weighted by atomic mass is 16.7. The molecule has 1 aliphatic carbocycles. The molecule has 0 unspecified atom stereocenters. The molecular weight excluding hydrogens is 392 g/mol. The number of unbranched alkanes of at least 4 members (excludes halogenated alkanes) is 2. The summed E-state index contributed by atoms with van der Waals surface area (Å²) < 4.78 is 23.5. The molecule has 0 aromatic heterocycles. The maximum Gasteiger partial charge on any atom is 0.176 e. The lowest BCUT2D eigenvalue weighted by Crippen LogP contribution is -2.68. The van der Waals surface area contributed by atoms with Crippen LogP contribution >= 0.6 is 0 Å². The topological polar surface area (TPSA) is 181 Å². The van der Waals surface area contributed by atoms with E-state index in [0.29, 0.717) is 19.6 Å². The summed E-state index contributed by atoms with van der Waals surface area (Å²) in [7, 11) is 0. The van der Waals surface area contributed by atoms with Gasteiger partial charge in [-0.3, -0.25) is 0 Å². The third-order valence-electron chi connectivity index (χ3n) is 5.92. The van der Waals surface area contributed by atoms with Crippen LogP contribution in [0.2, 0.25) is 0 Å². The zero-order chi connectivity index (χ0) is 22.3. The predicted molar refractivity (Wildman–Crippen MR) is 112 cm³/mol. The van der Waals surface area contributed by atoms with Crippen LogP contribution in [-0.2, 0) is 18.9 Å². The summed E-state index contributed by atoms with van der Waals surface area (Å²) in [5, 5.41) is 21.4. The molecule has 10 heteroatoms. The highest BCUT2D eigenvalue weighted by molar-refractivity contribution is 5.00. The minimum Gasteiger partial charge on any atom is -0.388 e. The fourth-order valence-electron chi connectivity index (χ4n) is 4.03. The summed E-state index contributed by atoms with van der Waals surface area (Å²) in [6.07, 6.45) is -1.62. The quantitative estimate of drug-likeness (QED) is 0.210. The van der Waals surface area contributed by atoms with E-state index in [1.807, 2.05) is 6.92 Å². The molecule has 2 rings (SSSR count). The lowest BCUT2D eigenvalue weighted by Gasteiger charge is -2.47. The molecule has 0 radical (unpaired) electrons. The molecule has 0 amide bonds. The number of hydrogen-bond acceptors (Lipinski definition) is 10. The van der Waals surface area contributed by atoms with E-state index in [2.05, 4.69) is 6.92 Å². The Morgan fingerprint density at radius 1 is 0.867 bits per heavy atom. The summed E-state index contributed by atoms with van der Waals surface area (Å²) in [5.74, 6) is 0. The molecule has 0 aromatic carbocycles. The van der Waals surface area contributed by atoms with Crippen LogP contribution in [0.3, 0.4) is 0 Å². The summed E-state index contributed by atoms with van der Waals surface area (Å²) in [4.78, 5) is 0. The second-order valence-electron chi connectivity index (χ2n) is 8.38. The Bertz CT molecular complexity index is 490. The molecule has 1 saturated carbocycles. The van der Waals surface area contributed by atoms with Crippen molar-refractivity contribution in [1.29, 1.82) is 0 Å². The van der Waals surface area contributed by atoms with Gasteiger partial charge < -0.3 is 52.1 Å². The highest BCUT2D eigenvalue weighted by Gasteiger charge is 2.49. The van der Waals surface area contributed by atoms with Gasteiger partial charge in [-0.15, -0.1) is 0 Å². The van der Waals surface area contributed by atoms with Gasteiger partial charge in [0, 0.05) is 31.8 Å². The van der Waals surface area contributed by atoms with Crippen LogP contribution in [0.1, 0.15) is 46.0 Å². The SMILES string of the molecule is CCCCO[C@@H]1[C@@H](N)[C@@H](O[C@H]2[C@H](O)[C@@H](OCCCC)[C@H](N)C[C@@H]2N)O[C@H](CN)[C@H]1O. The van der Waals surface area contributed by atoms with Crippen molar-refractivity contribution in [3.63, 3.8) is 0 Å². The van der Waals surface area contributed by atoms with Gasteiger partial charge in [-0.2, -0.15) is 0 Å². The van der Waals surface area contributed by atoms with Crippen LogP contribution < -0.4 is 22.9 Å². The Labute approximate surface area is 179 Å². The molecule has 1 saturated heterocycles. The van der Waals surface area contributed by atoms with Crippen LogP contribution in [0, 0.1) is 0 Å². The minimum absolute atomic E-state index is 0.0777. The van der Waals surface area contributed by atoms with Crippen molar-refractivity contribution in [2.45, 2.75) is 107 Å². The Morgan fingerprint density at radius 3 is 2.00 bits per heavy atom. The van der Waals surface area contributed by atoms with Gasteiger partial charge in [-0.25, -0.2) is 0 Å². The number of ether oxygens (including phenoxy) is 4. The van der Waals surface area contributed by atoms with Crippen molar-refractivity contribution in [2.75, 3.05) is 19.8 Å². The molecule has 2 aliphatic rings. The number of hydrogen-bond donors (Lipinski definition) is 6. The first-order chi connectivity index (χ1) is 14.3. The zero-order valence-electron chi connectivity index (χ0n) is 18.3. The summed E-state index contributed by atoms with van der Waals surface area (Å²) in [6, 6.07) is -1.68. The average molecular weight is 435 g/mol. The van der Waals surface area contributed by atoms with Gasteiger partial charge in [0.05, 0.1) is 6.04 Å². The van der Waals surface area contributed by atoms with E-state index < -0.39 is 61.0 Å². The van der Waals surface area contributed by atoms with Crippen molar-refractivity contribution in [2.24, 2.45) is 22.9 Å². The van der Waals surface area contributed by atoms with Crippen LogP contribution in [0.25, 0.3) is 0 Å². The smallest absolute Gasteiger partial charge is 0.176 e. The highest BCUT2D eigenvalue weighted by Crippen LogP contribution is 2.29. The molecule has 1 heterocycles. The predicted octanol–water partition coefficient (Wildman–Crippen LogP) is -1.47. The van der Waals surface area contributed by atoms with Gasteiger partial charge in [0.25, 0.3) is 0 Å². The number of aliphatic hydroxyl groups excluding tert-OH is 2. The lowest BCUT2D eigenvalue weighted by molar-refractivity contribution is -0.294. The normalized spacial score (nSPS) is 42.4. The molecule has 178 valence electrons. The monoisotopic (exact) mass is 434 g/mol. The molecule has 10 atom stereocenters. The van der Waals surface area contributed by atoms with E-state index in [1.165, 1.54) is 0 Å². The molecule has 10 nitrogen and oxygen atoms in total. The van der Waals surface area contributed by atoms with Crippen LogP contribution in [0.4, 0.5) is 0 Å². The first-order valence-electron chi connectivity index (χ1n) is 11.2. The molecule has 2 fully saturated rings. The third-order valence-corrected chi connectivity index (χ3v) is 5.92. The van der Waals surface area contributed by atoms with Crippen molar-refractivity contribution in [3.05, 3.63) is 0 Å². The van der Waals surface area contributed by atoms with Crippen molar-refractivity contribution in [3.8, 4) is 0 Å². The second kappa shape index (κ2) is 12.6. The summed E-state index contributed by atoms with van der Waals surface area (Å²) >= 11 is 0. The van der Waals surface area contributed by atoms with Gasteiger partial charge >= 0.3 is 0 Å². The molecule has 0 spiro atoms. The van der Waals surface area contributed by atoms with E-state index in [0.717, 1.165) is 25.7 Å². The Kier molecular flexibility index (Phi) is 10.9. The Morgan fingerprint density at radius 2 is 1.43 bits per heavy atom.